The van der Waals surface area contributed by atoms with E-state index in [2.05, 4.69) is 29.5 Å². The first kappa shape index (κ1) is 12.2. The van der Waals surface area contributed by atoms with Crippen molar-refractivity contribution in [3.8, 4) is 0 Å². The van der Waals surface area contributed by atoms with Gasteiger partial charge in [-0.2, -0.15) is 0 Å². The van der Waals surface area contributed by atoms with Crippen molar-refractivity contribution in [2.24, 2.45) is 13.0 Å². The number of likely N-dealkylation sites (N-methyl/N-ethyl adjacent to an activating group) is 1. The molecular weight excluding hydrogens is 188 g/mol. The fraction of sp³-hybridized carbons (Fsp3) is 0.818. The van der Waals surface area contributed by atoms with Gasteiger partial charge in [0.1, 0.15) is 0 Å². The van der Waals surface area contributed by atoms with Crippen LogP contribution in [0.3, 0.4) is 0 Å². The Balaban J connectivity index is 2.39. The molecule has 0 aromatic carbocycles. The molecule has 1 rings (SSSR count). The summed E-state index contributed by atoms with van der Waals surface area (Å²) in [5.74, 6) is 0.766. The van der Waals surface area contributed by atoms with Crippen molar-refractivity contribution < 1.29 is 0 Å². The van der Waals surface area contributed by atoms with Crippen molar-refractivity contribution in [3.63, 3.8) is 0 Å². The fourth-order valence-corrected chi connectivity index (χ4v) is 1.62. The van der Waals surface area contributed by atoms with E-state index in [1.165, 1.54) is 12.8 Å². The molecule has 15 heavy (non-hydrogen) atoms. The maximum absolute atomic E-state index is 4.10. The molecule has 0 aliphatic carbocycles. The molecule has 1 aromatic heterocycles. The third-order valence-electron chi connectivity index (χ3n) is 2.61. The monoisotopic (exact) mass is 210 g/mol. The minimum Gasteiger partial charge on any atom is -0.317 e. The highest BCUT2D eigenvalue weighted by atomic mass is 15.4. The molecule has 0 aliphatic rings. The number of aromatic nitrogens is 3. The number of nitrogens with one attached hydrogen (secondary N) is 1. The second-order valence-electron chi connectivity index (χ2n) is 4.54. The molecule has 1 unspecified atom stereocenters. The summed E-state index contributed by atoms with van der Waals surface area (Å²) in [5, 5.41) is 11.4. The molecule has 0 fully saturated rings. The van der Waals surface area contributed by atoms with E-state index in [0.29, 0.717) is 6.04 Å². The topological polar surface area (TPSA) is 42.7 Å². The average molecular weight is 210 g/mol. The van der Waals surface area contributed by atoms with E-state index in [4.69, 9.17) is 0 Å². The van der Waals surface area contributed by atoms with E-state index in [9.17, 15) is 0 Å². The zero-order valence-electron chi connectivity index (χ0n) is 10.2. The minimum atomic E-state index is 0.518. The van der Waals surface area contributed by atoms with Crippen molar-refractivity contribution in [1.82, 2.24) is 20.3 Å². The van der Waals surface area contributed by atoms with Crippen LogP contribution in [0.4, 0.5) is 0 Å². The minimum absolute atomic E-state index is 0.518. The molecule has 0 aliphatic heterocycles. The van der Waals surface area contributed by atoms with E-state index in [-0.39, 0.29) is 0 Å². The summed E-state index contributed by atoms with van der Waals surface area (Å²) in [6.45, 7) is 4.52. The van der Waals surface area contributed by atoms with Gasteiger partial charge in [0, 0.05) is 25.7 Å². The Morgan fingerprint density at radius 1 is 1.40 bits per heavy atom. The van der Waals surface area contributed by atoms with Crippen molar-refractivity contribution in [1.29, 1.82) is 0 Å². The molecule has 0 spiro atoms. The number of rotatable bonds is 6. The molecule has 0 amide bonds. The van der Waals surface area contributed by atoms with Gasteiger partial charge in [-0.3, -0.25) is 4.68 Å². The van der Waals surface area contributed by atoms with E-state index < -0.39 is 0 Å². The molecule has 0 bridgehead atoms. The molecule has 4 heteroatoms. The van der Waals surface area contributed by atoms with Crippen LogP contribution in [0.15, 0.2) is 6.20 Å². The SMILES string of the molecule is CNC(CCC(C)C)Cc1cn(C)nn1. The van der Waals surface area contributed by atoms with Gasteiger partial charge in [-0.25, -0.2) is 0 Å². The van der Waals surface area contributed by atoms with Gasteiger partial charge in [0.05, 0.1) is 5.69 Å². The van der Waals surface area contributed by atoms with E-state index in [1.54, 1.807) is 4.68 Å². The summed E-state index contributed by atoms with van der Waals surface area (Å²) in [4.78, 5) is 0. The second-order valence-corrected chi connectivity index (χ2v) is 4.54. The summed E-state index contributed by atoms with van der Waals surface area (Å²) in [7, 11) is 3.92. The van der Waals surface area contributed by atoms with Gasteiger partial charge >= 0.3 is 0 Å². The Kier molecular flexibility index (Phi) is 4.75. The predicted molar refractivity (Wildman–Crippen MR) is 61.6 cm³/mol. The predicted octanol–water partition coefficient (Wildman–Crippen LogP) is 1.38. The summed E-state index contributed by atoms with van der Waals surface area (Å²) in [5.41, 5.74) is 1.07. The molecular formula is C11H22N4. The molecule has 1 aromatic rings. The normalized spacial score (nSPS) is 13.4. The quantitative estimate of drug-likeness (QED) is 0.771. The zero-order chi connectivity index (χ0) is 11.3. The molecule has 86 valence electrons. The van der Waals surface area contributed by atoms with E-state index in [0.717, 1.165) is 18.0 Å². The van der Waals surface area contributed by atoms with Crippen LogP contribution >= 0.6 is 0 Å². The number of nitrogens with zero attached hydrogens (tertiary/aromatic N) is 3. The first-order valence-corrected chi connectivity index (χ1v) is 5.64. The van der Waals surface area contributed by atoms with Crippen LogP contribution in [0, 0.1) is 5.92 Å². The summed E-state index contributed by atoms with van der Waals surface area (Å²) in [6, 6.07) is 0.518. The Morgan fingerprint density at radius 2 is 2.13 bits per heavy atom. The highest BCUT2D eigenvalue weighted by molar-refractivity contribution is 4.95. The molecule has 0 radical (unpaired) electrons. The standard InChI is InChI=1S/C11H22N4/c1-9(2)5-6-10(12-3)7-11-8-15(4)14-13-11/h8-10,12H,5-7H2,1-4H3. The second kappa shape index (κ2) is 5.85. The molecule has 1 atom stereocenters. The lowest BCUT2D eigenvalue weighted by molar-refractivity contribution is 0.448. The molecule has 1 heterocycles. The largest absolute Gasteiger partial charge is 0.317 e. The lowest BCUT2D eigenvalue weighted by Gasteiger charge is -2.15. The lowest BCUT2D eigenvalue weighted by atomic mass is 10.0. The number of hydrogen-bond acceptors (Lipinski definition) is 3. The smallest absolute Gasteiger partial charge is 0.0842 e. The van der Waals surface area contributed by atoms with E-state index >= 15 is 0 Å². The number of hydrogen-bond donors (Lipinski definition) is 1. The van der Waals surface area contributed by atoms with Crippen LogP contribution in [-0.4, -0.2) is 28.1 Å². The van der Waals surface area contributed by atoms with E-state index in [1.807, 2.05) is 20.3 Å². The molecule has 0 saturated heterocycles. The van der Waals surface area contributed by atoms with Gasteiger partial charge < -0.3 is 5.32 Å². The van der Waals surface area contributed by atoms with Gasteiger partial charge in [0.2, 0.25) is 0 Å². The first-order chi connectivity index (χ1) is 7.11. The Hall–Kier alpha value is -0.900. The fourth-order valence-electron chi connectivity index (χ4n) is 1.62. The van der Waals surface area contributed by atoms with Crippen molar-refractivity contribution >= 4 is 0 Å². The molecule has 0 saturated carbocycles. The van der Waals surface area contributed by atoms with Crippen LogP contribution in [0.5, 0.6) is 0 Å². The Labute approximate surface area is 92.1 Å². The number of aryl methyl sites for hydroxylation is 1. The van der Waals surface area contributed by atoms with Gasteiger partial charge in [0.25, 0.3) is 0 Å². The van der Waals surface area contributed by atoms with Crippen molar-refractivity contribution in [3.05, 3.63) is 11.9 Å². The third-order valence-corrected chi connectivity index (χ3v) is 2.61. The lowest BCUT2D eigenvalue weighted by Crippen LogP contribution is -2.28. The van der Waals surface area contributed by atoms with Gasteiger partial charge in [-0.1, -0.05) is 19.1 Å². The van der Waals surface area contributed by atoms with Crippen LogP contribution < -0.4 is 5.32 Å². The molecule has 4 nitrogen and oxygen atoms in total. The maximum Gasteiger partial charge on any atom is 0.0842 e. The Morgan fingerprint density at radius 3 is 2.60 bits per heavy atom. The van der Waals surface area contributed by atoms with Crippen molar-refractivity contribution in [2.45, 2.75) is 39.2 Å². The first-order valence-electron chi connectivity index (χ1n) is 5.64. The van der Waals surface area contributed by atoms with Crippen LogP contribution in [0.1, 0.15) is 32.4 Å². The van der Waals surface area contributed by atoms with Crippen LogP contribution in [0.2, 0.25) is 0 Å². The highest BCUT2D eigenvalue weighted by Gasteiger charge is 2.10. The third kappa shape index (κ3) is 4.42. The maximum atomic E-state index is 4.10. The summed E-state index contributed by atoms with van der Waals surface area (Å²) >= 11 is 0. The highest BCUT2D eigenvalue weighted by Crippen LogP contribution is 2.09. The van der Waals surface area contributed by atoms with Crippen LogP contribution in [-0.2, 0) is 13.5 Å². The average Bonchev–Trinajstić information content (AvgIpc) is 2.58. The van der Waals surface area contributed by atoms with Crippen LogP contribution in [0.25, 0.3) is 0 Å². The van der Waals surface area contributed by atoms with Gasteiger partial charge in [-0.05, 0) is 25.8 Å². The summed E-state index contributed by atoms with van der Waals surface area (Å²) < 4.78 is 1.75. The van der Waals surface area contributed by atoms with Gasteiger partial charge in [-0.15, -0.1) is 5.10 Å². The zero-order valence-corrected chi connectivity index (χ0v) is 10.2. The molecule has 1 N–H and O–H groups in total. The van der Waals surface area contributed by atoms with Gasteiger partial charge in [0.15, 0.2) is 0 Å². The Bertz CT molecular complexity index is 280. The van der Waals surface area contributed by atoms with Crippen molar-refractivity contribution in [2.75, 3.05) is 7.05 Å². The summed E-state index contributed by atoms with van der Waals surface area (Å²) in [6.07, 6.45) is 5.41.